The number of carbonyl (C=O) groups is 2. The number of rotatable bonds is 6. The molecule has 29 heavy (non-hydrogen) atoms. The molecule has 1 aromatic heterocycles. The fourth-order valence-corrected chi connectivity index (χ4v) is 5.09. The maximum Gasteiger partial charge on any atom is 0.341 e. The summed E-state index contributed by atoms with van der Waals surface area (Å²) in [6.45, 7) is 4.12. The summed E-state index contributed by atoms with van der Waals surface area (Å²) in [5.74, 6) is -0.421. The summed E-state index contributed by atoms with van der Waals surface area (Å²) in [5, 5.41) is 14.0. The lowest BCUT2D eigenvalue weighted by atomic mass is 9.85. The van der Waals surface area contributed by atoms with Crippen LogP contribution in [0.1, 0.15) is 57.8 Å². The van der Waals surface area contributed by atoms with E-state index in [-0.39, 0.29) is 22.9 Å². The van der Waals surface area contributed by atoms with Crippen molar-refractivity contribution in [3.05, 3.63) is 54.9 Å². The Kier molecular flexibility index (Phi) is 6.54. The van der Waals surface area contributed by atoms with Crippen LogP contribution in [0.15, 0.2) is 18.2 Å². The molecule has 7 nitrogen and oxygen atoms in total. The normalized spacial score (nSPS) is 15.5. The summed E-state index contributed by atoms with van der Waals surface area (Å²) in [6, 6.07) is 3.66. The van der Waals surface area contributed by atoms with Gasteiger partial charge in [0, 0.05) is 17.0 Å². The van der Waals surface area contributed by atoms with Crippen molar-refractivity contribution >= 4 is 45.5 Å². The number of nitrogens with zero attached hydrogens (tertiary/aromatic N) is 1. The summed E-state index contributed by atoms with van der Waals surface area (Å²) in [6.07, 6.45) is 3.70. The Morgan fingerprint density at radius 1 is 1.38 bits per heavy atom. The molecule has 0 unspecified atom stereocenters. The van der Waals surface area contributed by atoms with Gasteiger partial charge in [0.15, 0.2) is 0 Å². The molecule has 1 heterocycles. The van der Waals surface area contributed by atoms with Crippen molar-refractivity contribution in [3.8, 4) is 0 Å². The van der Waals surface area contributed by atoms with Crippen molar-refractivity contribution in [1.82, 2.24) is 0 Å². The maximum atomic E-state index is 12.8. The Balaban J connectivity index is 1.94. The van der Waals surface area contributed by atoms with E-state index in [2.05, 4.69) is 12.2 Å². The average molecular weight is 437 g/mol. The number of hydrogen-bond donors (Lipinski definition) is 1. The topological polar surface area (TPSA) is 98.5 Å². The van der Waals surface area contributed by atoms with Gasteiger partial charge in [-0.1, -0.05) is 24.9 Å². The summed E-state index contributed by atoms with van der Waals surface area (Å²) in [7, 11) is 0. The highest BCUT2D eigenvalue weighted by Crippen LogP contribution is 2.41. The molecule has 0 saturated carbocycles. The second-order valence-corrected chi connectivity index (χ2v) is 8.33. The van der Waals surface area contributed by atoms with Crippen LogP contribution in [0.2, 0.25) is 5.02 Å². The number of fused-ring (bicyclic) bond motifs is 1. The Labute approximate surface area is 177 Å². The van der Waals surface area contributed by atoms with Crippen LogP contribution in [-0.2, 0) is 17.6 Å². The summed E-state index contributed by atoms with van der Waals surface area (Å²) < 4.78 is 5.21. The number of halogens is 1. The number of benzene rings is 1. The van der Waals surface area contributed by atoms with Crippen LogP contribution in [0.25, 0.3) is 0 Å². The average Bonchev–Trinajstić information content (AvgIpc) is 3.04. The minimum absolute atomic E-state index is 0.0262. The molecule has 1 aromatic carbocycles. The van der Waals surface area contributed by atoms with Crippen LogP contribution in [0, 0.1) is 16.0 Å². The monoisotopic (exact) mass is 436 g/mol. The molecule has 0 fully saturated rings. The van der Waals surface area contributed by atoms with Crippen LogP contribution < -0.4 is 5.32 Å². The molecule has 0 bridgehead atoms. The van der Waals surface area contributed by atoms with Gasteiger partial charge in [0.1, 0.15) is 5.00 Å². The molecule has 1 aliphatic rings. The van der Waals surface area contributed by atoms with E-state index in [0.717, 1.165) is 42.2 Å². The van der Waals surface area contributed by atoms with Gasteiger partial charge in [0.05, 0.1) is 27.7 Å². The third kappa shape index (κ3) is 4.43. The number of carbonyl (C=O) groups excluding carboxylic acids is 2. The van der Waals surface area contributed by atoms with Crippen molar-refractivity contribution in [2.75, 3.05) is 11.9 Å². The number of hydrogen-bond acceptors (Lipinski definition) is 6. The van der Waals surface area contributed by atoms with E-state index < -0.39 is 16.8 Å². The smallest absolute Gasteiger partial charge is 0.341 e. The number of thiophene rings is 1. The number of amides is 1. The molecule has 2 aromatic rings. The minimum Gasteiger partial charge on any atom is -0.462 e. The van der Waals surface area contributed by atoms with Crippen molar-refractivity contribution < 1.29 is 19.2 Å². The van der Waals surface area contributed by atoms with Gasteiger partial charge in [-0.2, -0.15) is 0 Å². The van der Waals surface area contributed by atoms with Gasteiger partial charge in [-0.25, -0.2) is 4.79 Å². The molecule has 0 aliphatic heterocycles. The highest BCUT2D eigenvalue weighted by Gasteiger charge is 2.30. The van der Waals surface area contributed by atoms with Gasteiger partial charge in [-0.15, -0.1) is 11.3 Å². The summed E-state index contributed by atoms with van der Waals surface area (Å²) in [4.78, 5) is 36.7. The van der Waals surface area contributed by atoms with E-state index in [9.17, 15) is 19.7 Å². The number of esters is 1. The third-order valence-electron chi connectivity index (χ3n) is 5.06. The fourth-order valence-electron chi connectivity index (χ4n) is 3.48. The van der Waals surface area contributed by atoms with Gasteiger partial charge < -0.3 is 10.1 Å². The lowest BCUT2D eigenvalue weighted by Crippen LogP contribution is -2.17. The predicted octanol–water partition coefficient (Wildman–Crippen LogP) is 5.25. The molecule has 154 valence electrons. The molecule has 1 aliphatic carbocycles. The largest absolute Gasteiger partial charge is 0.462 e. The zero-order valence-electron chi connectivity index (χ0n) is 16.1. The Morgan fingerprint density at radius 2 is 2.14 bits per heavy atom. The zero-order valence-corrected chi connectivity index (χ0v) is 17.7. The highest BCUT2D eigenvalue weighted by molar-refractivity contribution is 7.17. The van der Waals surface area contributed by atoms with Crippen LogP contribution >= 0.6 is 22.9 Å². The number of non-ortho nitro benzene ring substituents is 1. The summed E-state index contributed by atoms with van der Waals surface area (Å²) in [5.41, 5.74) is 1.26. The molecule has 3 rings (SSSR count). The van der Waals surface area contributed by atoms with Gasteiger partial charge >= 0.3 is 5.97 Å². The number of nitro benzene ring substituents is 1. The van der Waals surface area contributed by atoms with Gasteiger partial charge in [0.25, 0.3) is 11.6 Å². The van der Waals surface area contributed by atoms with E-state index in [1.165, 1.54) is 23.5 Å². The van der Waals surface area contributed by atoms with Gasteiger partial charge in [0.2, 0.25) is 0 Å². The number of nitro groups is 1. The quantitative estimate of drug-likeness (QED) is 0.378. The molecule has 9 heteroatoms. The van der Waals surface area contributed by atoms with E-state index >= 15 is 0 Å². The first-order chi connectivity index (χ1) is 13.8. The summed E-state index contributed by atoms with van der Waals surface area (Å²) >= 11 is 7.46. The molecule has 1 N–H and O–H groups in total. The molecule has 0 spiro atoms. The van der Waals surface area contributed by atoms with Crippen LogP contribution in [0.3, 0.4) is 0 Å². The van der Waals surface area contributed by atoms with E-state index in [1.807, 2.05) is 0 Å². The third-order valence-corrected chi connectivity index (χ3v) is 6.54. The van der Waals surface area contributed by atoms with Crippen LogP contribution in [-0.4, -0.2) is 23.4 Å². The van der Waals surface area contributed by atoms with Crippen molar-refractivity contribution in [1.29, 1.82) is 0 Å². The minimum atomic E-state index is -0.579. The van der Waals surface area contributed by atoms with Crippen molar-refractivity contribution in [2.45, 2.75) is 39.5 Å². The Bertz CT molecular complexity index is 972. The van der Waals surface area contributed by atoms with Gasteiger partial charge in [-0.05, 0) is 43.7 Å². The standard InChI is InChI=1S/C20H21ClN2O5S/c1-3-11-5-7-14-16(9-11)29-19(17(14)20(25)28-4-2)22-18(24)13-8-6-12(23(26)27)10-15(13)21/h6,8,10-11H,3-5,7,9H2,1-2H3,(H,22,24)/t11-/m1/s1. The highest BCUT2D eigenvalue weighted by atomic mass is 35.5. The number of ether oxygens (including phenoxy) is 1. The SMILES string of the molecule is CCOC(=O)c1c(NC(=O)c2ccc([N+](=O)[O-])cc2Cl)sc2c1CC[C@@H](CC)C2. The first-order valence-corrected chi connectivity index (χ1v) is 10.6. The number of nitrogens with one attached hydrogen (secondary N) is 1. The van der Waals surface area contributed by atoms with E-state index in [1.54, 1.807) is 6.92 Å². The maximum absolute atomic E-state index is 12.8. The second-order valence-electron chi connectivity index (χ2n) is 6.82. The van der Waals surface area contributed by atoms with Crippen LogP contribution in [0.4, 0.5) is 10.7 Å². The number of anilines is 1. The molecular formula is C20H21ClN2O5S. The van der Waals surface area contributed by atoms with Crippen molar-refractivity contribution in [3.63, 3.8) is 0 Å². The Morgan fingerprint density at radius 3 is 2.76 bits per heavy atom. The van der Waals surface area contributed by atoms with E-state index in [0.29, 0.717) is 16.5 Å². The van der Waals surface area contributed by atoms with E-state index in [4.69, 9.17) is 16.3 Å². The molecular weight excluding hydrogens is 416 g/mol. The van der Waals surface area contributed by atoms with Crippen molar-refractivity contribution in [2.24, 2.45) is 5.92 Å². The van der Waals surface area contributed by atoms with Crippen LogP contribution in [0.5, 0.6) is 0 Å². The molecule has 1 atom stereocenters. The first kappa shape index (κ1) is 21.3. The first-order valence-electron chi connectivity index (χ1n) is 9.42. The fraction of sp³-hybridized carbons (Fsp3) is 0.400. The second kappa shape index (κ2) is 8.92. The zero-order chi connectivity index (χ0) is 21.1. The lowest BCUT2D eigenvalue weighted by molar-refractivity contribution is -0.384. The predicted molar refractivity (Wildman–Crippen MR) is 112 cm³/mol. The molecule has 0 saturated heterocycles. The molecule has 0 radical (unpaired) electrons. The van der Waals surface area contributed by atoms with Gasteiger partial charge in [-0.3, -0.25) is 14.9 Å². The lowest BCUT2D eigenvalue weighted by Gasteiger charge is -2.20. The molecule has 1 amide bonds. The Hall–Kier alpha value is -2.45.